The Labute approximate surface area is 103 Å². The molecule has 1 unspecified atom stereocenters. The van der Waals surface area contributed by atoms with Crippen molar-refractivity contribution in [2.24, 2.45) is 5.73 Å². The fraction of sp³-hybridized carbons (Fsp3) is 0.250. The number of aromatic amines is 1. The van der Waals surface area contributed by atoms with Crippen LogP contribution in [0.2, 0.25) is 5.02 Å². The SMILES string of the molecule is Cc1cc2cc(Cl)c(CC(N)C(=O)O)cc2[nH]1. The minimum Gasteiger partial charge on any atom is -0.480 e. The molecular weight excluding hydrogens is 240 g/mol. The van der Waals surface area contributed by atoms with Crippen molar-refractivity contribution >= 4 is 28.5 Å². The molecule has 2 aromatic rings. The number of benzene rings is 1. The standard InChI is InChI=1S/C12H13ClN2O2/c1-6-2-8-3-9(13)7(5-11(8)15-6)4-10(14)12(16)17/h2-3,5,10,15H,4,14H2,1H3,(H,16,17). The summed E-state index contributed by atoms with van der Waals surface area (Å²) in [4.78, 5) is 13.9. The molecule has 0 saturated heterocycles. The molecule has 2 rings (SSSR count). The maximum Gasteiger partial charge on any atom is 0.320 e. The highest BCUT2D eigenvalue weighted by molar-refractivity contribution is 6.32. The number of fused-ring (bicyclic) bond motifs is 1. The number of nitrogens with two attached hydrogens (primary N) is 1. The normalized spacial score (nSPS) is 12.9. The molecule has 0 amide bonds. The molecule has 0 fully saturated rings. The summed E-state index contributed by atoms with van der Waals surface area (Å²) in [5.74, 6) is -1.02. The van der Waals surface area contributed by atoms with Gasteiger partial charge in [-0.15, -0.1) is 0 Å². The van der Waals surface area contributed by atoms with Crippen LogP contribution in [0.1, 0.15) is 11.3 Å². The number of nitrogens with one attached hydrogen (secondary N) is 1. The maximum atomic E-state index is 10.7. The van der Waals surface area contributed by atoms with E-state index in [1.807, 2.05) is 25.1 Å². The van der Waals surface area contributed by atoms with Crippen LogP contribution in [0.4, 0.5) is 0 Å². The van der Waals surface area contributed by atoms with Crippen LogP contribution in [0.25, 0.3) is 10.9 Å². The molecule has 4 N–H and O–H groups in total. The molecule has 0 aliphatic carbocycles. The van der Waals surface area contributed by atoms with Gasteiger partial charge in [0.25, 0.3) is 0 Å². The van der Waals surface area contributed by atoms with Crippen LogP contribution >= 0.6 is 11.6 Å². The van der Waals surface area contributed by atoms with E-state index < -0.39 is 12.0 Å². The zero-order valence-electron chi connectivity index (χ0n) is 9.33. The number of halogens is 1. The average Bonchev–Trinajstić information content (AvgIpc) is 2.57. The third-order valence-corrected chi connectivity index (χ3v) is 3.03. The Kier molecular flexibility index (Phi) is 3.09. The third kappa shape index (κ3) is 2.43. The Balaban J connectivity index is 2.40. The molecule has 17 heavy (non-hydrogen) atoms. The Bertz CT molecular complexity index is 577. The first-order valence-electron chi connectivity index (χ1n) is 5.23. The molecule has 1 aromatic heterocycles. The van der Waals surface area contributed by atoms with Crippen molar-refractivity contribution in [3.63, 3.8) is 0 Å². The molecule has 0 saturated carbocycles. The molecule has 0 aliphatic rings. The van der Waals surface area contributed by atoms with Gasteiger partial charge in [0.1, 0.15) is 6.04 Å². The van der Waals surface area contributed by atoms with E-state index in [1.165, 1.54) is 0 Å². The lowest BCUT2D eigenvalue weighted by atomic mass is 10.1. The van der Waals surface area contributed by atoms with Crippen molar-refractivity contribution in [1.82, 2.24) is 4.98 Å². The molecule has 0 bridgehead atoms. The number of carbonyl (C=O) groups is 1. The number of hydrogen-bond acceptors (Lipinski definition) is 2. The summed E-state index contributed by atoms with van der Waals surface area (Å²) in [6.45, 7) is 1.95. The minimum absolute atomic E-state index is 0.224. The van der Waals surface area contributed by atoms with E-state index >= 15 is 0 Å². The van der Waals surface area contributed by atoms with Gasteiger partial charge < -0.3 is 15.8 Å². The zero-order chi connectivity index (χ0) is 12.6. The van der Waals surface area contributed by atoms with Gasteiger partial charge in [0.2, 0.25) is 0 Å². The van der Waals surface area contributed by atoms with E-state index in [2.05, 4.69) is 4.98 Å². The fourth-order valence-electron chi connectivity index (χ4n) is 1.82. The number of H-pyrrole nitrogens is 1. The quantitative estimate of drug-likeness (QED) is 0.783. The molecule has 0 aliphatic heterocycles. The van der Waals surface area contributed by atoms with Gasteiger partial charge >= 0.3 is 5.97 Å². The number of aliphatic carboxylic acids is 1. The van der Waals surface area contributed by atoms with E-state index in [1.54, 1.807) is 0 Å². The summed E-state index contributed by atoms with van der Waals surface area (Å²) < 4.78 is 0. The monoisotopic (exact) mass is 252 g/mol. The number of carboxylic acids is 1. The van der Waals surface area contributed by atoms with E-state index in [9.17, 15) is 4.79 Å². The number of aryl methyl sites for hydroxylation is 1. The van der Waals surface area contributed by atoms with Gasteiger partial charge in [-0.3, -0.25) is 4.79 Å². The van der Waals surface area contributed by atoms with Gasteiger partial charge in [0.15, 0.2) is 0 Å². The minimum atomic E-state index is -1.02. The Morgan fingerprint density at radius 2 is 2.24 bits per heavy atom. The number of hydrogen-bond donors (Lipinski definition) is 3. The summed E-state index contributed by atoms with van der Waals surface area (Å²) in [7, 11) is 0. The van der Waals surface area contributed by atoms with Crippen molar-refractivity contribution < 1.29 is 9.90 Å². The molecular formula is C12H13ClN2O2. The molecule has 0 spiro atoms. The summed E-state index contributed by atoms with van der Waals surface area (Å²) in [5, 5.41) is 10.3. The second-order valence-electron chi connectivity index (χ2n) is 4.13. The smallest absolute Gasteiger partial charge is 0.320 e. The third-order valence-electron chi connectivity index (χ3n) is 2.68. The highest BCUT2D eigenvalue weighted by atomic mass is 35.5. The van der Waals surface area contributed by atoms with Gasteiger partial charge in [0.05, 0.1) is 0 Å². The van der Waals surface area contributed by atoms with Gasteiger partial charge in [-0.25, -0.2) is 0 Å². The Hall–Kier alpha value is -1.52. The molecule has 1 aromatic carbocycles. The first-order valence-corrected chi connectivity index (χ1v) is 5.61. The van der Waals surface area contributed by atoms with E-state index in [0.717, 1.165) is 22.2 Å². The molecule has 90 valence electrons. The van der Waals surface area contributed by atoms with E-state index in [-0.39, 0.29) is 6.42 Å². The predicted octanol–water partition coefficient (Wildman–Crippen LogP) is 2.08. The predicted molar refractivity (Wildman–Crippen MR) is 67.4 cm³/mol. The highest BCUT2D eigenvalue weighted by Gasteiger charge is 2.15. The van der Waals surface area contributed by atoms with E-state index in [4.69, 9.17) is 22.4 Å². The second-order valence-corrected chi connectivity index (χ2v) is 4.54. The summed E-state index contributed by atoms with van der Waals surface area (Å²) in [6, 6.07) is 4.74. The van der Waals surface area contributed by atoms with Crippen molar-refractivity contribution in [2.45, 2.75) is 19.4 Å². The zero-order valence-corrected chi connectivity index (χ0v) is 10.1. The van der Waals surface area contributed by atoms with Crippen LogP contribution in [0.5, 0.6) is 0 Å². The summed E-state index contributed by atoms with van der Waals surface area (Å²) in [6.07, 6.45) is 0.224. The van der Waals surface area contributed by atoms with Crippen molar-refractivity contribution in [3.05, 3.63) is 34.5 Å². The fourth-order valence-corrected chi connectivity index (χ4v) is 2.07. The molecule has 1 atom stereocenters. The topological polar surface area (TPSA) is 79.1 Å². The summed E-state index contributed by atoms with van der Waals surface area (Å²) in [5.41, 5.74) is 8.23. The van der Waals surface area contributed by atoms with Crippen molar-refractivity contribution in [2.75, 3.05) is 0 Å². The van der Waals surface area contributed by atoms with Gasteiger partial charge in [-0.1, -0.05) is 11.6 Å². The molecule has 1 heterocycles. The lowest BCUT2D eigenvalue weighted by molar-refractivity contribution is -0.138. The van der Waals surface area contributed by atoms with E-state index in [0.29, 0.717) is 5.02 Å². The van der Waals surface area contributed by atoms with Crippen LogP contribution < -0.4 is 5.73 Å². The van der Waals surface area contributed by atoms with Crippen LogP contribution in [0.15, 0.2) is 18.2 Å². The average molecular weight is 253 g/mol. The first-order chi connectivity index (χ1) is 7.97. The van der Waals surface area contributed by atoms with Crippen LogP contribution in [-0.2, 0) is 11.2 Å². The number of carboxylic acid groups (broad SMARTS) is 1. The lowest BCUT2D eigenvalue weighted by Crippen LogP contribution is -2.32. The molecule has 0 radical (unpaired) electrons. The van der Waals surface area contributed by atoms with Crippen molar-refractivity contribution in [1.29, 1.82) is 0 Å². The van der Waals surface area contributed by atoms with Gasteiger partial charge in [0, 0.05) is 21.6 Å². The molecule has 4 nitrogen and oxygen atoms in total. The molecule has 5 heteroatoms. The van der Waals surface area contributed by atoms with Gasteiger partial charge in [-0.2, -0.15) is 0 Å². The highest BCUT2D eigenvalue weighted by Crippen LogP contribution is 2.25. The first kappa shape index (κ1) is 12.0. The second kappa shape index (κ2) is 4.39. The number of aromatic nitrogens is 1. The largest absolute Gasteiger partial charge is 0.480 e. The number of rotatable bonds is 3. The van der Waals surface area contributed by atoms with Crippen LogP contribution in [0.3, 0.4) is 0 Å². The van der Waals surface area contributed by atoms with Crippen LogP contribution in [-0.4, -0.2) is 22.1 Å². The Morgan fingerprint density at radius 3 is 2.88 bits per heavy atom. The maximum absolute atomic E-state index is 10.7. The van der Waals surface area contributed by atoms with Crippen LogP contribution in [0, 0.1) is 6.92 Å². The van der Waals surface area contributed by atoms with Crippen molar-refractivity contribution in [3.8, 4) is 0 Å². The Morgan fingerprint density at radius 1 is 1.53 bits per heavy atom. The summed E-state index contributed by atoms with van der Waals surface area (Å²) >= 11 is 6.10. The lowest BCUT2D eigenvalue weighted by Gasteiger charge is -2.08. The van der Waals surface area contributed by atoms with Gasteiger partial charge in [-0.05, 0) is 37.1 Å².